The zero-order valence-electron chi connectivity index (χ0n) is 19.2. The number of aromatic nitrogens is 1. The Hall–Kier alpha value is -3.83. The lowest BCUT2D eigenvalue weighted by Crippen LogP contribution is -2.15. The van der Waals surface area contributed by atoms with Gasteiger partial charge in [0.2, 0.25) is 0 Å². The molecule has 176 valence electrons. The Morgan fingerprint density at radius 3 is 2.60 bits per heavy atom. The second kappa shape index (κ2) is 9.80. The molecule has 1 saturated carbocycles. The Bertz CT molecular complexity index is 1450. The van der Waals surface area contributed by atoms with Crippen molar-refractivity contribution in [2.75, 3.05) is 7.11 Å². The normalized spacial score (nSPS) is 14.7. The molecule has 5 rings (SSSR count). The SMILES string of the molecule is COc1cccc2c(C(=C(c3ccncc3Cl)C3CCC3)c3ccc(C=CC(=O)O)cc3)coc12. The summed E-state index contributed by atoms with van der Waals surface area (Å²) in [5, 5.41) is 10.5. The molecule has 5 nitrogen and oxygen atoms in total. The topological polar surface area (TPSA) is 72.6 Å². The molecule has 6 heteroatoms. The van der Waals surface area contributed by atoms with Crippen LogP contribution < -0.4 is 4.74 Å². The Labute approximate surface area is 208 Å². The van der Waals surface area contributed by atoms with E-state index in [0.717, 1.165) is 52.1 Å². The van der Waals surface area contributed by atoms with Crippen LogP contribution in [0.4, 0.5) is 0 Å². The van der Waals surface area contributed by atoms with E-state index in [4.69, 9.17) is 25.9 Å². The molecule has 0 spiro atoms. The highest BCUT2D eigenvalue weighted by atomic mass is 35.5. The first-order valence-corrected chi connectivity index (χ1v) is 11.8. The second-order valence-electron chi connectivity index (χ2n) is 8.55. The summed E-state index contributed by atoms with van der Waals surface area (Å²) >= 11 is 6.69. The minimum atomic E-state index is -0.979. The molecule has 1 fully saturated rings. The number of ether oxygens (including phenoxy) is 1. The van der Waals surface area contributed by atoms with Crippen molar-refractivity contribution in [1.82, 2.24) is 4.98 Å². The van der Waals surface area contributed by atoms with E-state index in [1.807, 2.05) is 48.5 Å². The number of furan rings is 1. The van der Waals surface area contributed by atoms with Crippen LogP contribution in [0.25, 0.3) is 28.2 Å². The van der Waals surface area contributed by atoms with Crippen LogP contribution in [0.3, 0.4) is 0 Å². The van der Waals surface area contributed by atoms with Gasteiger partial charge in [-0.3, -0.25) is 4.98 Å². The molecule has 35 heavy (non-hydrogen) atoms. The lowest BCUT2D eigenvalue weighted by atomic mass is 9.73. The van der Waals surface area contributed by atoms with Crippen molar-refractivity contribution in [3.63, 3.8) is 0 Å². The third-order valence-electron chi connectivity index (χ3n) is 6.52. The number of allylic oxidation sites excluding steroid dienone is 1. The standard InChI is InChI=1S/C29H24ClNO4/c1-34-25-7-3-6-21-23(17-35-29(21)25)28(20-11-8-18(9-12-20)10-13-26(32)33)27(19-4-2-5-19)22-14-15-31-16-24(22)30/h3,6-17,19H,2,4-5H2,1H3,(H,32,33). The number of halogens is 1. The first-order chi connectivity index (χ1) is 17.1. The predicted octanol–water partition coefficient (Wildman–Crippen LogP) is 7.35. The summed E-state index contributed by atoms with van der Waals surface area (Å²) in [4.78, 5) is 15.1. The number of hydrogen-bond donors (Lipinski definition) is 1. The van der Waals surface area contributed by atoms with Gasteiger partial charge in [-0.25, -0.2) is 4.79 Å². The van der Waals surface area contributed by atoms with Crippen molar-refractivity contribution < 1.29 is 19.1 Å². The summed E-state index contributed by atoms with van der Waals surface area (Å²) in [5.74, 6) is 0.0505. The van der Waals surface area contributed by atoms with Crippen LogP contribution >= 0.6 is 11.6 Å². The monoisotopic (exact) mass is 485 g/mol. The number of methoxy groups -OCH3 is 1. The highest BCUT2D eigenvalue weighted by Gasteiger charge is 2.30. The van der Waals surface area contributed by atoms with Gasteiger partial charge < -0.3 is 14.3 Å². The third-order valence-corrected chi connectivity index (χ3v) is 6.82. The minimum absolute atomic E-state index is 0.354. The van der Waals surface area contributed by atoms with Gasteiger partial charge in [0.05, 0.1) is 18.4 Å². The average molecular weight is 486 g/mol. The molecule has 0 radical (unpaired) electrons. The first kappa shape index (κ1) is 22.9. The maximum Gasteiger partial charge on any atom is 0.328 e. The van der Waals surface area contributed by atoms with Crippen LogP contribution in [-0.4, -0.2) is 23.2 Å². The summed E-state index contributed by atoms with van der Waals surface area (Å²) in [5.41, 5.74) is 6.64. The second-order valence-corrected chi connectivity index (χ2v) is 8.96. The fourth-order valence-corrected chi connectivity index (χ4v) is 4.84. The molecule has 1 aliphatic carbocycles. The summed E-state index contributed by atoms with van der Waals surface area (Å²) in [6, 6.07) is 15.7. The van der Waals surface area contributed by atoms with E-state index in [1.165, 1.54) is 12.0 Å². The van der Waals surface area contributed by atoms with Gasteiger partial charge in [-0.05, 0) is 59.2 Å². The summed E-state index contributed by atoms with van der Waals surface area (Å²) in [6.07, 6.45) is 11.3. The Balaban J connectivity index is 1.79. The largest absolute Gasteiger partial charge is 0.493 e. The van der Waals surface area contributed by atoms with Crippen molar-refractivity contribution in [2.45, 2.75) is 19.3 Å². The van der Waals surface area contributed by atoms with Gasteiger partial charge in [0.25, 0.3) is 0 Å². The van der Waals surface area contributed by atoms with Crippen LogP contribution in [0.1, 0.15) is 41.5 Å². The van der Waals surface area contributed by atoms with E-state index in [9.17, 15) is 4.79 Å². The lowest BCUT2D eigenvalue weighted by molar-refractivity contribution is -0.131. The fourth-order valence-electron chi connectivity index (χ4n) is 4.62. The number of carboxylic acid groups (broad SMARTS) is 1. The van der Waals surface area contributed by atoms with E-state index in [-0.39, 0.29) is 0 Å². The number of pyridine rings is 1. The number of aliphatic carboxylic acids is 1. The molecule has 1 N–H and O–H groups in total. The Morgan fingerprint density at radius 1 is 1.14 bits per heavy atom. The van der Waals surface area contributed by atoms with Gasteiger partial charge in [-0.2, -0.15) is 0 Å². The Kier molecular flexibility index (Phi) is 6.43. The number of benzene rings is 2. The van der Waals surface area contributed by atoms with E-state index in [1.54, 1.807) is 31.8 Å². The molecule has 0 saturated heterocycles. The molecule has 0 aliphatic heterocycles. The summed E-state index contributed by atoms with van der Waals surface area (Å²) in [6.45, 7) is 0. The van der Waals surface area contributed by atoms with Gasteiger partial charge in [0.1, 0.15) is 0 Å². The average Bonchev–Trinajstić information content (AvgIpc) is 3.26. The zero-order chi connectivity index (χ0) is 24.4. The van der Waals surface area contributed by atoms with E-state index < -0.39 is 5.97 Å². The molecule has 2 aromatic heterocycles. The molecular weight excluding hydrogens is 462 g/mol. The van der Waals surface area contributed by atoms with Gasteiger partial charge in [0, 0.05) is 35.0 Å². The number of para-hydroxylation sites is 1. The highest BCUT2D eigenvalue weighted by Crippen LogP contribution is 2.48. The van der Waals surface area contributed by atoms with E-state index in [0.29, 0.717) is 22.3 Å². The Morgan fingerprint density at radius 2 is 1.94 bits per heavy atom. The first-order valence-electron chi connectivity index (χ1n) is 11.5. The maximum atomic E-state index is 10.9. The third kappa shape index (κ3) is 4.47. The lowest BCUT2D eigenvalue weighted by Gasteiger charge is -2.31. The number of carboxylic acids is 1. The molecular formula is C29H24ClNO4. The molecule has 4 aromatic rings. The fraction of sp³-hybridized carbons (Fsp3) is 0.172. The molecule has 0 bridgehead atoms. The minimum Gasteiger partial charge on any atom is -0.493 e. The number of fused-ring (bicyclic) bond motifs is 1. The summed E-state index contributed by atoms with van der Waals surface area (Å²) in [7, 11) is 1.63. The van der Waals surface area contributed by atoms with Crippen LogP contribution in [0.2, 0.25) is 5.02 Å². The van der Waals surface area contributed by atoms with Crippen molar-refractivity contribution in [2.24, 2.45) is 5.92 Å². The number of rotatable bonds is 7. The molecule has 2 aromatic carbocycles. The number of carbonyl (C=O) groups is 1. The van der Waals surface area contributed by atoms with Crippen LogP contribution in [0, 0.1) is 5.92 Å². The molecule has 0 unspecified atom stereocenters. The molecule has 1 aliphatic rings. The van der Waals surface area contributed by atoms with Crippen LogP contribution in [0.5, 0.6) is 5.75 Å². The van der Waals surface area contributed by atoms with Gasteiger partial charge >= 0.3 is 5.97 Å². The van der Waals surface area contributed by atoms with Crippen molar-refractivity contribution >= 4 is 45.8 Å². The highest BCUT2D eigenvalue weighted by molar-refractivity contribution is 6.32. The molecule has 0 atom stereocenters. The van der Waals surface area contributed by atoms with Crippen molar-refractivity contribution in [1.29, 1.82) is 0 Å². The summed E-state index contributed by atoms with van der Waals surface area (Å²) < 4.78 is 11.6. The van der Waals surface area contributed by atoms with Gasteiger partial charge in [-0.15, -0.1) is 0 Å². The maximum absolute atomic E-state index is 10.9. The quantitative estimate of drug-likeness (QED) is 0.277. The van der Waals surface area contributed by atoms with E-state index >= 15 is 0 Å². The van der Waals surface area contributed by atoms with Gasteiger partial charge in [0.15, 0.2) is 11.3 Å². The van der Waals surface area contributed by atoms with Crippen molar-refractivity contribution in [3.8, 4) is 5.75 Å². The van der Waals surface area contributed by atoms with Crippen LogP contribution in [0.15, 0.2) is 77.7 Å². The predicted molar refractivity (Wildman–Crippen MR) is 138 cm³/mol. The number of hydrogen-bond acceptors (Lipinski definition) is 4. The zero-order valence-corrected chi connectivity index (χ0v) is 20.0. The number of nitrogens with zero attached hydrogens (tertiary/aromatic N) is 1. The van der Waals surface area contributed by atoms with Crippen molar-refractivity contribution in [3.05, 3.63) is 101 Å². The van der Waals surface area contributed by atoms with Crippen LogP contribution in [-0.2, 0) is 4.79 Å². The smallest absolute Gasteiger partial charge is 0.328 e. The van der Waals surface area contributed by atoms with E-state index in [2.05, 4.69) is 4.98 Å². The van der Waals surface area contributed by atoms with Gasteiger partial charge in [-0.1, -0.05) is 54.4 Å². The molecule has 0 amide bonds. The molecule has 2 heterocycles.